The topological polar surface area (TPSA) is 27.7 Å². The molecule has 4 heteroatoms. The Balaban J connectivity index is 1.74. The molecular weight excluding hydrogens is 250 g/mol. The number of hydrogen-bond donors (Lipinski definition) is 1. The van der Waals surface area contributed by atoms with Crippen molar-refractivity contribution in [1.82, 2.24) is 15.1 Å². The first-order chi connectivity index (χ1) is 9.69. The summed E-state index contributed by atoms with van der Waals surface area (Å²) in [7, 11) is 4.38. The Hall–Kier alpha value is -0.160. The predicted octanol–water partition coefficient (Wildman–Crippen LogP) is 1.27. The summed E-state index contributed by atoms with van der Waals surface area (Å²) >= 11 is 0. The second-order valence-electron chi connectivity index (χ2n) is 6.79. The van der Waals surface area contributed by atoms with Crippen molar-refractivity contribution in [3.63, 3.8) is 0 Å². The summed E-state index contributed by atoms with van der Waals surface area (Å²) in [5, 5.41) is 3.69. The molecule has 0 aromatic rings. The lowest BCUT2D eigenvalue weighted by atomic mass is 9.94. The van der Waals surface area contributed by atoms with Gasteiger partial charge in [-0.3, -0.25) is 0 Å². The Morgan fingerprint density at radius 1 is 1.25 bits per heavy atom. The van der Waals surface area contributed by atoms with Crippen molar-refractivity contribution >= 4 is 0 Å². The minimum absolute atomic E-state index is 0.618. The molecule has 1 N–H and O–H groups in total. The number of ether oxygens (including phenoxy) is 1. The Morgan fingerprint density at radius 3 is 2.55 bits per heavy atom. The molecule has 118 valence electrons. The SMILES string of the molecule is CCNC(CN1CCC(CN(C)C)CC1)C1CCOC1. The lowest BCUT2D eigenvalue weighted by Crippen LogP contribution is -2.48. The van der Waals surface area contributed by atoms with Gasteiger partial charge in [-0.2, -0.15) is 0 Å². The highest BCUT2D eigenvalue weighted by Gasteiger charge is 2.28. The third-order valence-corrected chi connectivity index (χ3v) is 4.79. The van der Waals surface area contributed by atoms with E-state index in [1.54, 1.807) is 0 Å². The van der Waals surface area contributed by atoms with Gasteiger partial charge in [0.25, 0.3) is 0 Å². The third kappa shape index (κ3) is 4.99. The highest BCUT2D eigenvalue weighted by atomic mass is 16.5. The Bertz CT molecular complexity index is 258. The number of piperidine rings is 1. The molecule has 2 aliphatic heterocycles. The summed E-state index contributed by atoms with van der Waals surface area (Å²) in [6.07, 6.45) is 3.95. The van der Waals surface area contributed by atoms with E-state index in [4.69, 9.17) is 4.74 Å². The van der Waals surface area contributed by atoms with E-state index in [1.807, 2.05) is 0 Å². The van der Waals surface area contributed by atoms with Gasteiger partial charge in [0.1, 0.15) is 0 Å². The Labute approximate surface area is 124 Å². The van der Waals surface area contributed by atoms with Gasteiger partial charge in [-0.25, -0.2) is 0 Å². The summed E-state index contributed by atoms with van der Waals surface area (Å²) < 4.78 is 5.57. The van der Waals surface area contributed by atoms with Crippen molar-refractivity contribution in [2.75, 3.05) is 60.0 Å². The summed E-state index contributed by atoms with van der Waals surface area (Å²) in [6, 6.07) is 0.618. The van der Waals surface area contributed by atoms with Crippen LogP contribution in [0.15, 0.2) is 0 Å². The highest BCUT2D eigenvalue weighted by Crippen LogP contribution is 2.21. The lowest BCUT2D eigenvalue weighted by molar-refractivity contribution is 0.129. The van der Waals surface area contributed by atoms with Crippen LogP contribution >= 0.6 is 0 Å². The first-order valence-corrected chi connectivity index (χ1v) is 8.37. The van der Waals surface area contributed by atoms with Crippen LogP contribution in [-0.2, 0) is 4.74 Å². The molecule has 0 saturated carbocycles. The van der Waals surface area contributed by atoms with Crippen LogP contribution in [0.4, 0.5) is 0 Å². The van der Waals surface area contributed by atoms with Gasteiger partial charge >= 0.3 is 0 Å². The summed E-state index contributed by atoms with van der Waals surface area (Å²) in [5.74, 6) is 1.61. The molecule has 0 aromatic heterocycles. The molecule has 2 atom stereocenters. The average molecular weight is 283 g/mol. The molecule has 0 spiro atoms. The van der Waals surface area contributed by atoms with E-state index in [0.717, 1.165) is 31.6 Å². The van der Waals surface area contributed by atoms with Crippen LogP contribution < -0.4 is 5.32 Å². The molecule has 20 heavy (non-hydrogen) atoms. The average Bonchev–Trinajstić information content (AvgIpc) is 2.94. The summed E-state index contributed by atoms with van der Waals surface area (Å²) in [5.41, 5.74) is 0. The summed E-state index contributed by atoms with van der Waals surface area (Å²) in [4.78, 5) is 5.00. The molecule has 0 amide bonds. The van der Waals surface area contributed by atoms with Crippen LogP contribution in [0.1, 0.15) is 26.2 Å². The van der Waals surface area contributed by atoms with Crippen molar-refractivity contribution in [3.8, 4) is 0 Å². The van der Waals surface area contributed by atoms with E-state index in [-0.39, 0.29) is 0 Å². The molecule has 2 rings (SSSR count). The monoisotopic (exact) mass is 283 g/mol. The Morgan fingerprint density at radius 2 is 2.00 bits per heavy atom. The van der Waals surface area contributed by atoms with E-state index in [0.29, 0.717) is 6.04 Å². The van der Waals surface area contributed by atoms with Crippen molar-refractivity contribution in [2.24, 2.45) is 11.8 Å². The number of hydrogen-bond acceptors (Lipinski definition) is 4. The fraction of sp³-hybridized carbons (Fsp3) is 1.00. The number of nitrogens with one attached hydrogen (secondary N) is 1. The fourth-order valence-electron chi connectivity index (χ4n) is 3.66. The van der Waals surface area contributed by atoms with E-state index in [9.17, 15) is 0 Å². The predicted molar refractivity (Wildman–Crippen MR) is 84.1 cm³/mol. The molecule has 2 saturated heterocycles. The van der Waals surface area contributed by atoms with E-state index in [1.165, 1.54) is 45.4 Å². The number of likely N-dealkylation sites (N-methyl/N-ethyl adjacent to an activating group) is 1. The maximum Gasteiger partial charge on any atom is 0.0510 e. The van der Waals surface area contributed by atoms with Gasteiger partial charge in [-0.1, -0.05) is 6.92 Å². The smallest absolute Gasteiger partial charge is 0.0510 e. The maximum atomic E-state index is 5.57. The van der Waals surface area contributed by atoms with Crippen LogP contribution in [0.5, 0.6) is 0 Å². The van der Waals surface area contributed by atoms with Gasteiger partial charge in [-0.15, -0.1) is 0 Å². The van der Waals surface area contributed by atoms with Gasteiger partial charge < -0.3 is 19.9 Å². The van der Waals surface area contributed by atoms with E-state index in [2.05, 4.69) is 36.1 Å². The van der Waals surface area contributed by atoms with Crippen molar-refractivity contribution in [1.29, 1.82) is 0 Å². The summed E-state index contributed by atoms with van der Waals surface area (Å²) in [6.45, 7) is 10.2. The van der Waals surface area contributed by atoms with Gasteiger partial charge in [0, 0.05) is 31.7 Å². The van der Waals surface area contributed by atoms with Gasteiger partial charge in [-0.05, 0) is 58.9 Å². The van der Waals surface area contributed by atoms with Gasteiger partial charge in [0.05, 0.1) is 6.61 Å². The number of rotatable bonds is 7. The minimum atomic E-state index is 0.618. The van der Waals surface area contributed by atoms with Crippen molar-refractivity contribution in [2.45, 2.75) is 32.2 Å². The van der Waals surface area contributed by atoms with Crippen LogP contribution in [0.2, 0.25) is 0 Å². The van der Waals surface area contributed by atoms with Crippen LogP contribution in [-0.4, -0.2) is 75.9 Å². The lowest BCUT2D eigenvalue weighted by Gasteiger charge is -2.36. The first-order valence-electron chi connectivity index (χ1n) is 8.37. The molecule has 2 aliphatic rings. The van der Waals surface area contributed by atoms with Crippen LogP contribution in [0.25, 0.3) is 0 Å². The highest BCUT2D eigenvalue weighted by molar-refractivity contribution is 4.84. The van der Waals surface area contributed by atoms with Gasteiger partial charge in [0.2, 0.25) is 0 Å². The molecule has 4 nitrogen and oxygen atoms in total. The molecule has 0 aromatic carbocycles. The fourth-order valence-corrected chi connectivity index (χ4v) is 3.66. The molecule has 0 bridgehead atoms. The van der Waals surface area contributed by atoms with Gasteiger partial charge in [0.15, 0.2) is 0 Å². The zero-order valence-corrected chi connectivity index (χ0v) is 13.6. The minimum Gasteiger partial charge on any atom is -0.381 e. The zero-order chi connectivity index (χ0) is 14.4. The van der Waals surface area contributed by atoms with Crippen molar-refractivity contribution < 1.29 is 4.74 Å². The second kappa shape index (κ2) is 8.32. The molecular formula is C16H33N3O. The third-order valence-electron chi connectivity index (χ3n) is 4.79. The molecule has 2 heterocycles. The zero-order valence-electron chi connectivity index (χ0n) is 13.6. The largest absolute Gasteiger partial charge is 0.381 e. The van der Waals surface area contributed by atoms with Crippen LogP contribution in [0, 0.1) is 11.8 Å². The molecule has 0 aliphatic carbocycles. The standard InChI is InChI=1S/C16H33N3O/c1-4-17-16(15-7-10-20-13-15)12-19-8-5-14(6-9-19)11-18(2)3/h14-17H,4-13H2,1-3H3. The first kappa shape index (κ1) is 16.2. The normalized spacial score (nSPS) is 27.3. The Kier molecular flexibility index (Phi) is 6.75. The van der Waals surface area contributed by atoms with E-state index < -0.39 is 0 Å². The van der Waals surface area contributed by atoms with Crippen molar-refractivity contribution in [3.05, 3.63) is 0 Å². The molecule has 2 unspecified atom stereocenters. The van der Waals surface area contributed by atoms with Crippen LogP contribution in [0.3, 0.4) is 0 Å². The second-order valence-corrected chi connectivity index (χ2v) is 6.79. The molecule has 0 radical (unpaired) electrons. The van der Waals surface area contributed by atoms with E-state index >= 15 is 0 Å². The number of nitrogens with zero attached hydrogens (tertiary/aromatic N) is 2. The quantitative estimate of drug-likeness (QED) is 0.762. The number of likely N-dealkylation sites (tertiary alicyclic amines) is 1. The maximum absolute atomic E-state index is 5.57. The molecule has 2 fully saturated rings.